The van der Waals surface area contributed by atoms with Crippen LogP contribution in [0.25, 0.3) is 0 Å². The summed E-state index contributed by atoms with van der Waals surface area (Å²) in [4.78, 5) is 0. The van der Waals surface area contributed by atoms with Crippen LogP contribution in [-0.2, 0) is 0 Å². The molecule has 0 aromatic rings. The SMILES string of the molecule is C=C=C1CCC(C)C1. The van der Waals surface area contributed by atoms with Crippen molar-refractivity contribution in [3.8, 4) is 0 Å². The third kappa shape index (κ3) is 1.02. The molecule has 0 amide bonds. The van der Waals surface area contributed by atoms with Gasteiger partial charge in [0.2, 0.25) is 0 Å². The normalized spacial score (nSPS) is 28.1. The molecule has 1 saturated carbocycles. The number of allylic oxidation sites excluding steroid dienone is 1. The lowest BCUT2D eigenvalue weighted by Gasteiger charge is -1.91. The smallest absolute Gasteiger partial charge is 0.0218 e. The van der Waals surface area contributed by atoms with E-state index < -0.39 is 0 Å². The summed E-state index contributed by atoms with van der Waals surface area (Å²) < 4.78 is 0. The molecule has 1 unspecified atom stereocenters. The molecule has 1 fully saturated rings. The predicted molar refractivity (Wildman–Crippen MR) is 35.7 cm³/mol. The van der Waals surface area contributed by atoms with Gasteiger partial charge in [-0.3, -0.25) is 0 Å². The van der Waals surface area contributed by atoms with Crippen molar-refractivity contribution in [1.29, 1.82) is 0 Å². The highest BCUT2D eigenvalue weighted by molar-refractivity contribution is 5.04. The van der Waals surface area contributed by atoms with Crippen LogP contribution in [0.2, 0.25) is 0 Å². The van der Waals surface area contributed by atoms with Crippen molar-refractivity contribution in [2.24, 2.45) is 5.92 Å². The zero-order chi connectivity index (χ0) is 5.98. The lowest BCUT2D eigenvalue weighted by molar-refractivity contribution is 0.620. The van der Waals surface area contributed by atoms with E-state index in [1.54, 1.807) is 0 Å². The van der Waals surface area contributed by atoms with E-state index in [4.69, 9.17) is 0 Å². The van der Waals surface area contributed by atoms with E-state index in [0.717, 1.165) is 5.92 Å². The maximum absolute atomic E-state index is 3.62. The topological polar surface area (TPSA) is 0 Å². The van der Waals surface area contributed by atoms with Crippen LogP contribution in [-0.4, -0.2) is 0 Å². The van der Waals surface area contributed by atoms with Crippen LogP contribution in [0.4, 0.5) is 0 Å². The van der Waals surface area contributed by atoms with Crippen LogP contribution in [0.3, 0.4) is 0 Å². The average molecular weight is 108 g/mol. The number of rotatable bonds is 0. The number of hydrogen-bond acceptors (Lipinski definition) is 0. The molecule has 0 heterocycles. The average Bonchev–Trinajstić information content (AvgIpc) is 2.14. The molecule has 1 aliphatic rings. The second kappa shape index (κ2) is 2.19. The van der Waals surface area contributed by atoms with Crippen molar-refractivity contribution < 1.29 is 0 Å². The van der Waals surface area contributed by atoms with E-state index >= 15 is 0 Å². The first kappa shape index (κ1) is 5.65. The van der Waals surface area contributed by atoms with Crippen LogP contribution in [0, 0.1) is 5.92 Å². The molecular formula is C8H12. The summed E-state index contributed by atoms with van der Waals surface area (Å²) in [5, 5.41) is 0. The molecule has 0 nitrogen and oxygen atoms in total. The van der Waals surface area contributed by atoms with Gasteiger partial charge < -0.3 is 0 Å². The highest BCUT2D eigenvalue weighted by Gasteiger charge is 2.13. The summed E-state index contributed by atoms with van der Waals surface area (Å²) in [6, 6.07) is 0. The second-order valence-electron chi connectivity index (χ2n) is 2.63. The van der Waals surface area contributed by atoms with Crippen molar-refractivity contribution in [3.63, 3.8) is 0 Å². The first-order chi connectivity index (χ1) is 3.83. The Bertz CT molecular complexity index is 127. The van der Waals surface area contributed by atoms with E-state index in [1.165, 1.54) is 24.8 Å². The van der Waals surface area contributed by atoms with Gasteiger partial charge in [-0.15, -0.1) is 5.73 Å². The minimum atomic E-state index is 0.888. The van der Waals surface area contributed by atoms with Crippen LogP contribution >= 0.6 is 0 Å². The van der Waals surface area contributed by atoms with Crippen molar-refractivity contribution in [1.82, 2.24) is 0 Å². The lowest BCUT2D eigenvalue weighted by atomic mass is 10.1. The monoisotopic (exact) mass is 108 g/mol. The Balaban J connectivity index is 2.56. The summed E-state index contributed by atoms with van der Waals surface area (Å²) >= 11 is 0. The van der Waals surface area contributed by atoms with Gasteiger partial charge in [0.05, 0.1) is 0 Å². The highest BCUT2D eigenvalue weighted by atomic mass is 14.2. The van der Waals surface area contributed by atoms with Gasteiger partial charge in [-0.05, 0) is 30.8 Å². The number of hydrogen-bond donors (Lipinski definition) is 0. The molecule has 0 aromatic carbocycles. The van der Waals surface area contributed by atoms with Crippen LogP contribution in [0.5, 0.6) is 0 Å². The van der Waals surface area contributed by atoms with E-state index in [-0.39, 0.29) is 0 Å². The quantitative estimate of drug-likeness (QED) is 0.418. The first-order valence-corrected chi connectivity index (χ1v) is 3.20. The summed E-state index contributed by atoms with van der Waals surface area (Å²) in [6.45, 7) is 5.90. The van der Waals surface area contributed by atoms with E-state index in [1.807, 2.05) is 0 Å². The molecule has 0 aromatic heterocycles. The Labute approximate surface area is 50.9 Å². The molecule has 1 atom stereocenters. The molecule has 0 bridgehead atoms. The van der Waals surface area contributed by atoms with Gasteiger partial charge in [0.15, 0.2) is 0 Å². The Morgan fingerprint density at radius 3 is 2.75 bits per heavy atom. The minimum Gasteiger partial charge on any atom is -0.130 e. The second-order valence-corrected chi connectivity index (χ2v) is 2.63. The van der Waals surface area contributed by atoms with Crippen LogP contribution in [0.15, 0.2) is 17.9 Å². The largest absolute Gasteiger partial charge is 0.130 e. The Morgan fingerprint density at radius 2 is 2.50 bits per heavy atom. The van der Waals surface area contributed by atoms with Gasteiger partial charge in [-0.25, -0.2) is 0 Å². The summed E-state index contributed by atoms with van der Waals surface area (Å²) in [6.07, 6.45) is 3.83. The van der Waals surface area contributed by atoms with E-state index in [0.29, 0.717) is 0 Å². The maximum Gasteiger partial charge on any atom is -0.0218 e. The van der Waals surface area contributed by atoms with Gasteiger partial charge in [-0.2, -0.15) is 0 Å². The fourth-order valence-electron chi connectivity index (χ4n) is 1.21. The maximum atomic E-state index is 3.62. The standard InChI is InChI=1S/C8H12/c1-3-8-5-4-7(2)6-8/h7H,1,4-6H2,2H3. The van der Waals surface area contributed by atoms with Crippen LogP contribution < -0.4 is 0 Å². The zero-order valence-corrected chi connectivity index (χ0v) is 5.41. The fraction of sp³-hybridized carbons (Fsp3) is 0.625. The Hall–Kier alpha value is -0.480. The van der Waals surface area contributed by atoms with Gasteiger partial charge in [0.1, 0.15) is 0 Å². The Morgan fingerprint density at radius 1 is 1.75 bits per heavy atom. The molecule has 0 N–H and O–H groups in total. The van der Waals surface area contributed by atoms with Gasteiger partial charge in [0.25, 0.3) is 0 Å². The molecule has 44 valence electrons. The van der Waals surface area contributed by atoms with E-state index in [2.05, 4.69) is 19.2 Å². The minimum absolute atomic E-state index is 0.888. The van der Waals surface area contributed by atoms with Crippen molar-refractivity contribution in [2.75, 3.05) is 0 Å². The molecular weight excluding hydrogens is 96.1 g/mol. The zero-order valence-electron chi connectivity index (χ0n) is 5.41. The van der Waals surface area contributed by atoms with Crippen molar-refractivity contribution in [2.45, 2.75) is 26.2 Å². The fourth-order valence-corrected chi connectivity index (χ4v) is 1.21. The van der Waals surface area contributed by atoms with Crippen LogP contribution in [0.1, 0.15) is 26.2 Å². The molecule has 0 saturated heterocycles. The molecule has 1 aliphatic carbocycles. The third-order valence-electron chi connectivity index (χ3n) is 1.78. The van der Waals surface area contributed by atoms with Crippen molar-refractivity contribution in [3.05, 3.63) is 17.9 Å². The summed E-state index contributed by atoms with van der Waals surface area (Å²) in [7, 11) is 0. The lowest BCUT2D eigenvalue weighted by Crippen LogP contribution is -1.79. The first-order valence-electron chi connectivity index (χ1n) is 3.20. The van der Waals surface area contributed by atoms with E-state index in [9.17, 15) is 0 Å². The van der Waals surface area contributed by atoms with Gasteiger partial charge >= 0.3 is 0 Å². The molecule has 0 heteroatoms. The van der Waals surface area contributed by atoms with Gasteiger partial charge in [-0.1, -0.05) is 13.5 Å². The van der Waals surface area contributed by atoms with Crippen molar-refractivity contribution >= 4 is 0 Å². The summed E-state index contributed by atoms with van der Waals surface area (Å²) in [5.41, 5.74) is 4.39. The predicted octanol–water partition coefficient (Wildman–Crippen LogP) is 2.52. The molecule has 8 heavy (non-hydrogen) atoms. The third-order valence-corrected chi connectivity index (χ3v) is 1.78. The Kier molecular flexibility index (Phi) is 1.55. The van der Waals surface area contributed by atoms with Gasteiger partial charge in [0, 0.05) is 0 Å². The summed E-state index contributed by atoms with van der Waals surface area (Å²) in [5.74, 6) is 0.888. The molecule has 1 rings (SSSR count). The molecule has 0 spiro atoms. The molecule has 0 radical (unpaired) electrons. The highest BCUT2D eigenvalue weighted by Crippen LogP contribution is 2.28. The molecule has 0 aliphatic heterocycles.